The lowest BCUT2D eigenvalue weighted by molar-refractivity contribution is -0.163. The van der Waals surface area contributed by atoms with Crippen LogP contribution >= 0.6 is 0 Å². The van der Waals surface area contributed by atoms with E-state index in [0.717, 1.165) is 42.6 Å². The van der Waals surface area contributed by atoms with E-state index >= 15 is 0 Å². The number of carbonyl (C=O) groups excluding carboxylic acids is 1. The highest BCUT2D eigenvalue weighted by atomic mass is 16.6. The average Bonchev–Trinajstić information content (AvgIpc) is 3.26. The molecule has 1 fully saturated rings. The summed E-state index contributed by atoms with van der Waals surface area (Å²) in [5.74, 6) is 0.650. The Balaban J connectivity index is 1.63. The number of esters is 1. The maximum absolute atomic E-state index is 12.5. The van der Waals surface area contributed by atoms with Gasteiger partial charge in [-0.25, -0.2) is 0 Å². The third-order valence-electron chi connectivity index (χ3n) is 5.98. The Bertz CT molecular complexity index is 834. The van der Waals surface area contributed by atoms with E-state index in [1.165, 1.54) is 0 Å². The number of aryl methyl sites for hydroxylation is 1. The zero-order chi connectivity index (χ0) is 22.3. The monoisotopic (exact) mass is 424 g/mol. The van der Waals surface area contributed by atoms with Crippen LogP contribution in [-0.4, -0.2) is 22.3 Å². The SMILES string of the molecule is CC(C)(C)OC(=O)C[C@@](O)(CCc1cccc(OCc2ccccc2)c1)C1CCCC1. The van der Waals surface area contributed by atoms with Gasteiger partial charge in [-0.15, -0.1) is 0 Å². The van der Waals surface area contributed by atoms with Crippen LogP contribution < -0.4 is 4.74 Å². The Morgan fingerprint density at radius 3 is 2.35 bits per heavy atom. The molecule has 0 bridgehead atoms. The highest BCUT2D eigenvalue weighted by Crippen LogP contribution is 2.39. The maximum atomic E-state index is 12.5. The number of hydrogen-bond acceptors (Lipinski definition) is 4. The Morgan fingerprint density at radius 2 is 1.68 bits per heavy atom. The second kappa shape index (κ2) is 10.3. The van der Waals surface area contributed by atoms with E-state index in [1.807, 2.05) is 69.3 Å². The van der Waals surface area contributed by atoms with Gasteiger partial charge >= 0.3 is 5.97 Å². The Labute approximate surface area is 186 Å². The van der Waals surface area contributed by atoms with E-state index in [1.54, 1.807) is 0 Å². The van der Waals surface area contributed by atoms with Crippen molar-refractivity contribution in [3.05, 3.63) is 65.7 Å². The predicted molar refractivity (Wildman–Crippen MR) is 123 cm³/mol. The molecule has 1 atom stereocenters. The first-order chi connectivity index (χ1) is 14.7. The zero-order valence-electron chi connectivity index (χ0n) is 19.1. The quantitative estimate of drug-likeness (QED) is 0.513. The van der Waals surface area contributed by atoms with Crippen molar-refractivity contribution in [2.75, 3.05) is 0 Å². The van der Waals surface area contributed by atoms with Crippen LogP contribution in [0.15, 0.2) is 54.6 Å². The summed E-state index contributed by atoms with van der Waals surface area (Å²) >= 11 is 0. The van der Waals surface area contributed by atoms with Gasteiger partial charge in [0, 0.05) is 0 Å². The van der Waals surface area contributed by atoms with Crippen LogP contribution in [0.1, 0.15) is 70.4 Å². The van der Waals surface area contributed by atoms with Crippen LogP contribution in [0.2, 0.25) is 0 Å². The van der Waals surface area contributed by atoms with Crippen molar-refractivity contribution in [3.8, 4) is 5.75 Å². The van der Waals surface area contributed by atoms with Gasteiger partial charge in [0.05, 0.1) is 12.0 Å². The molecule has 0 saturated heterocycles. The third kappa shape index (κ3) is 7.39. The molecule has 3 rings (SSSR count). The minimum Gasteiger partial charge on any atom is -0.489 e. The lowest BCUT2D eigenvalue weighted by Crippen LogP contribution is -2.41. The molecule has 4 nitrogen and oxygen atoms in total. The lowest BCUT2D eigenvalue weighted by Gasteiger charge is -2.34. The second-order valence-electron chi connectivity index (χ2n) is 9.77. The van der Waals surface area contributed by atoms with E-state index in [9.17, 15) is 9.90 Å². The minimum absolute atomic E-state index is 0.0547. The van der Waals surface area contributed by atoms with Crippen molar-refractivity contribution in [3.63, 3.8) is 0 Å². The molecule has 0 radical (unpaired) electrons. The molecule has 1 N–H and O–H groups in total. The van der Waals surface area contributed by atoms with Crippen LogP contribution in [0.4, 0.5) is 0 Å². The summed E-state index contributed by atoms with van der Waals surface area (Å²) in [5, 5.41) is 11.5. The van der Waals surface area contributed by atoms with E-state index < -0.39 is 11.2 Å². The number of hydrogen-bond donors (Lipinski definition) is 1. The van der Waals surface area contributed by atoms with Gasteiger partial charge in [0.2, 0.25) is 0 Å². The summed E-state index contributed by atoms with van der Waals surface area (Å²) in [6.07, 6.45) is 5.46. The fourth-order valence-electron chi connectivity index (χ4n) is 4.42. The molecule has 0 heterocycles. The molecule has 0 aromatic heterocycles. The number of ether oxygens (including phenoxy) is 2. The van der Waals surface area contributed by atoms with E-state index in [4.69, 9.17) is 9.47 Å². The Morgan fingerprint density at radius 1 is 1.00 bits per heavy atom. The smallest absolute Gasteiger partial charge is 0.309 e. The van der Waals surface area contributed by atoms with Crippen molar-refractivity contribution in [1.29, 1.82) is 0 Å². The summed E-state index contributed by atoms with van der Waals surface area (Å²) < 4.78 is 11.5. The molecule has 0 aliphatic heterocycles. The summed E-state index contributed by atoms with van der Waals surface area (Å²) in [4.78, 5) is 12.5. The standard InChI is InChI=1S/C27H36O4/c1-26(2,3)31-25(28)19-27(29,23-13-7-8-14-23)17-16-21-12-9-15-24(18-21)30-20-22-10-5-4-6-11-22/h4-6,9-12,15,18,23,29H,7-8,13-14,16-17,19-20H2,1-3H3/t27-/m0/s1. The average molecular weight is 425 g/mol. The molecular formula is C27H36O4. The van der Waals surface area contributed by atoms with Gasteiger partial charge in [-0.05, 0) is 75.6 Å². The highest BCUT2D eigenvalue weighted by Gasteiger charge is 2.40. The van der Waals surface area contributed by atoms with E-state index in [-0.39, 0.29) is 18.3 Å². The van der Waals surface area contributed by atoms with Crippen molar-refractivity contribution < 1.29 is 19.4 Å². The number of benzene rings is 2. The number of aliphatic hydroxyl groups is 1. The molecule has 2 aromatic rings. The van der Waals surface area contributed by atoms with Gasteiger partial charge in [-0.1, -0.05) is 55.3 Å². The molecule has 168 valence electrons. The van der Waals surface area contributed by atoms with Gasteiger partial charge in [-0.3, -0.25) is 4.79 Å². The van der Waals surface area contributed by atoms with E-state index in [2.05, 4.69) is 6.07 Å². The Hall–Kier alpha value is -2.33. The fourth-order valence-corrected chi connectivity index (χ4v) is 4.42. The van der Waals surface area contributed by atoms with Gasteiger partial charge < -0.3 is 14.6 Å². The lowest BCUT2D eigenvalue weighted by atomic mass is 9.79. The van der Waals surface area contributed by atoms with Crippen molar-refractivity contribution in [2.45, 2.75) is 83.5 Å². The first-order valence-corrected chi connectivity index (χ1v) is 11.4. The van der Waals surface area contributed by atoms with Gasteiger partial charge in [-0.2, -0.15) is 0 Å². The van der Waals surface area contributed by atoms with Gasteiger partial charge in [0.25, 0.3) is 0 Å². The van der Waals surface area contributed by atoms with Crippen LogP contribution in [0.25, 0.3) is 0 Å². The summed E-state index contributed by atoms with van der Waals surface area (Å²) in [6, 6.07) is 18.1. The third-order valence-corrected chi connectivity index (χ3v) is 5.98. The molecule has 1 saturated carbocycles. The van der Waals surface area contributed by atoms with Crippen molar-refractivity contribution >= 4 is 5.97 Å². The predicted octanol–water partition coefficient (Wildman–Crippen LogP) is 5.85. The molecule has 1 aliphatic rings. The molecule has 4 heteroatoms. The Kier molecular flexibility index (Phi) is 7.77. The van der Waals surface area contributed by atoms with Gasteiger partial charge in [0.1, 0.15) is 18.0 Å². The normalized spacial score (nSPS) is 16.6. The van der Waals surface area contributed by atoms with Crippen LogP contribution in [0.5, 0.6) is 5.75 Å². The van der Waals surface area contributed by atoms with Crippen LogP contribution in [0.3, 0.4) is 0 Å². The van der Waals surface area contributed by atoms with Crippen molar-refractivity contribution in [1.82, 2.24) is 0 Å². The molecule has 0 amide bonds. The minimum atomic E-state index is -1.03. The topological polar surface area (TPSA) is 55.8 Å². The zero-order valence-corrected chi connectivity index (χ0v) is 19.1. The number of rotatable bonds is 9. The molecule has 0 spiro atoms. The largest absolute Gasteiger partial charge is 0.489 e. The first-order valence-electron chi connectivity index (χ1n) is 11.4. The number of carbonyl (C=O) groups is 1. The summed E-state index contributed by atoms with van der Waals surface area (Å²) in [6.45, 7) is 6.11. The summed E-state index contributed by atoms with van der Waals surface area (Å²) in [7, 11) is 0. The van der Waals surface area contributed by atoms with Crippen molar-refractivity contribution in [2.24, 2.45) is 5.92 Å². The molecular weight excluding hydrogens is 388 g/mol. The molecule has 2 aromatic carbocycles. The maximum Gasteiger partial charge on any atom is 0.309 e. The molecule has 1 aliphatic carbocycles. The molecule has 31 heavy (non-hydrogen) atoms. The fraction of sp³-hybridized carbons (Fsp3) is 0.519. The van der Waals surface area contributed by atoms with E-state index in [0.29, 0.717) is 19.4 Å². The second-order valence-corrected chi connectivity index (χ2v) is 9.77. The summed E-state index contributed by atoms with van der Waals surface area (Å²) in [5.41, 5.74) is 0.657. The highest BCUT2D eigenvalue weighted by molar-refractivity contribution is 5.71. The molecule has 0 unspecified atom stereocenters. The van der Waals surface area contributed by atoms with Gasteiger partial charge in [0.15, 0.2) is 0 Å². The van der Waals surface area contributed by atoms with Crippen LogP contribution in [-0.2, 0) is 22.6 Å². The van der Waals surface area contributed by atoms with Crippen LogP contribution in [0, 0.1) is 5.92 Å². The first kappa shape index (κ1) is 23.3.